The average Bonchev–Trinajstić information content (AvgIpc) is 2.96. The van der Waals surface area contributed by atoms with Gasteiger partial charge in [-0.1, -0.05) is 24.3 Å². The zero-order valence-corrected chi connectivity index (χ0v) is 22.3. The number of methoxy groups -OCH3 is 4. The van der Waals surface area contributed by atoms with Gasteiger partial charge in [0.25, 0.3) is 0 Å². The van der Waals surface area contributed by atoms with Gasteiger partial charge in [-0.05, 0) is 53.9 Å². The molecule has 9 heteroatoms. The van der Waals surface area contributed by atoms with E-state index in [-0.39, 0.29) is 29.2 Å². The Labute approximate surface area is 225 Å². The maximum absolute atomic E-state index is 13.2. The van der Waals surface area contributed by atoms with E-state index in [4.69, 9.17) is 23.4 Å². The highest BCUT2D eigenvalue weighted by Crippen LogP contribution is 2.43. The molecular weight excluding hydrogens is 502 g/mol. The molecule has 0 aliphatic rings. The third-order valence-corrected chi connectivity index (χ3v) is 6.54. The van der Waals surface area contributed by atoms with Crippen LogP contribution in [-0.2, 0) is 11.2 Å². The second kappa shape index (κ2) is 12.3. The van der Waals surface area contributed by atoms with Crippen LogP contribution < -0.4 is 29.9 Å². The first kappa shape index (κ1) is 27.4. The Bertz CT molecular complexity index is 1490. The van der Waals surface area contributed by atoms with Crippen molar-refractivity contribution in [3.05, 3.63) is 87.8 Å². The number of ether oxygens (including phenoxy) is 4. The van der Waals surface area contributed by atoms with Gasteiger partial charge in [0, 0.05) is 18.9 Å². The highest BCUT2D eigenvalue weighted by atomic mass is 16.5. The number of para-hydroxylation sites is 1. The summed E-state index contributed by atoms with van der Waals surface area (Å²) in [6.45, 7) is 0.380. The monoisotopic (exact) mass is 533 g/mol. The smallest absolute Gasteiger partial charge is 0.343 e. The molecule has 0 aliphatic carbocycles. The molecule has 1 heterocycles. The van der Waals surface area contributed by atoms with Gasteiger partial charge < -0.3 is 33.8 Å². The summed E-state index contributed by atoms with van der Waals surface area (Å²) in [5.74, 6) is 0.385. The number of fused-ring (bicyclic) bond motifs is 1. The van der Waals surface area contributed by atoms with Crippen molar-refractivity contribution < 1.29 is 33.3 Å². The Morgan fingerprint density at radius 1 is 0.923 bits per heavy atom. The lowest BCUT2D eigenvalue weighted by Gasteiger charge is -2.21. The molecule has 4 aromatic rings. The van der Waals surface area contributed by atoms with Crippen molar-refractivity contribution in [3.63, 3.8) is 0 Å². The quantitative estimate of drug-likeness (QED) is 0.272. The van der Waals surface area contributed by atoms with Crippen LogP contribution in [0.1, 0.15) is 29.0 Å². The van der Waals surface area contributed by atoms with Crippen LogP contribution in [0.3, 0.4) is 0 Å². The highest BCUT2D eigenvalue weighted by Gasteiger charge is 2.29. The van der Waals surface area contributed by atoms with Crippen LogP contribution >= 0.6 is 0 Å². The zero-order valence-electron chi connectivity index (χ0n) is 22.3. The Morgan fingerprint density at radius 3 is 2.21 bits per heavy atom. The molecule has 0 saturated carbocycles. The fourth-order valence-corrected chi connectivity index (χ4v) is 4.54. The third-order valence-electron chi connectivity index (χ3n) is 6.54. The van der Waals surface area contributed by atoms with Crippen LogP contribution in [0.5, 0.6) is 28.7 Å². The van der Waals surface area contributed by atoms with Gasteiger partial charge in [0.1, 0.15) is 17.1 Å². The predicted octanol–water partition coefficient (Wildman–Crippen LogP) is 4.41. The van der Waals surface area contributed by atoms with E-state index in [2.05, 4.69) is 5.32 Å². The molecule has 39 heavy (non-hydrogen) atoms. The van der Waals surface area contributed by atoms with Crippen molar-refractivity contribution in [1.82, 2.24) is 5.32 Å². The van der Waals surface area contributed by atoms with Crippen molar-refractivity contribution in [1.29, 1.82) is 0 Å². The van der Waals surface area contributed by atoms with Gasteiger partial charge in [0.15, 0.2) is 11.5 Å². The molecule has 4 rings (SSSR count). The van der Waals surface area contributed by atoms with Crippen molar-refractivity contribution in [2.24, 2.45) is 0 Å². The number of nitrogens with one attached hydrogen (secondary N) is 1. The lowest BCUT2D eigenvalue weighted by Crippen LogP contribution is -2.28. The van der Waals surface area contributed by atoms with E-state index >= 15 is 0 Å². The number of benzene rings is 3. The van der Waals surface area contributed by atoms with Crippen LogP contribution in [0.2, 0.25) is 0 Å². The van der Waals surface area contributed by atoms with Gasteiger partial charge in [-0.3, -0.25) is 4.79 Å². The Hall–Kier alpha value is -4.66. The predicted molar refractivity (Wildman–Crippen MR) is 146 cm³/mol. The van der Waals surface area contributed by atoms with Gasteiger partial charge in [0.2, 0.25) is 11.7 Å². The minimum Gasteiger partial charge on any atom is -0.507 e. The number of amides is 1. The summed E-state index contributed by atoms with van der Waals surface area (Å²) < 4.78 is 27.1. The van der Waals surface area contributed by atoms with E-state index in [0.717, 1.165) is 11.3 Å². The minimum absolute atomic E-state index is 0.0340. The van der Waals surface area contributed by atoms with E-state index in [0.29, 0.717) is 41.2 Å². The summed E-state index contributed by atoms with van der Waals surface area (Å²) in [4.78, 5) is 26.4. The number of hydrogen-bond acceptors (Lipinski definition) is 8. The van der Waals surface area contributed by atoms with E-state index < -0.39 is 11.5 Å². The van der Waals surface area contributed by atoms with Crippen molar-refractivity contribution in [2.45, 2.75) is 18.8 Å². The third kappa shape index (κ3) is 5.93. The molecule has 204 valence electrons. The lowest BCUT2D eigenvalue weighted by atomic mass is 9.87. The normalized spacial score (nSPS) is 11.6. The molecule has 0 bridgehead atoms. The summed E-state index contributed by atoms with van der Waals surface area (Å²) in [6, 6.07) is 17.6. The van der Waals surface area contributed by atoms with Crippen molar-refractivity contribution >= 4 is 16.9 Å². The average molecular weight is 534 g/mol. The van der Waals surface area contributed by atoms with Gasteiger partial charge in [-0.15, -0.1) is 0 Å². The summed E-state index contributed by atoms with van der Waals surface area (Å²) in [7, 11) is 6.04. The summed E-state index contributed by atoms with van der Waals surface area (Å²) in [5.41, 5.74) is 1.01. The van der Waals surface area contributed by atoms with Gasteiger partial charge in [0.05, 0.1) is 39.4 Å². The first-order valence-electron chi connectivity index (χ1n) is 12.3. The maximum atomic E-state index is 13.2. The Morgan fingerprint density at radius 2 is 1.59 bits per heavy atom. The topological polar surface area (TPSA) is 116 Å². The molecule has 1 atom stereocenters. The van der Waals surface area contributed by atoms with Gasteiger partial charge in [-0.2, -0.15) is 0 Å². The first-order valence-corrected chi connectivity index (χ1v) is 12.3. The Kier molecular flexibility index (Phi) is 8.60. The van der Waals surface area contributed by atoms with Gasteiger partial charge >= 0.3 is 5.63 Å². The van der Waals surface area contributed by atoms with Crippen molar-refractivity contribution in [3.8, 4) is 28.7 Å². The Balaban J connectivity index is 1.69. The van der Waals surface area contributed by atoms with E-state index in [1.807, 2.05) is 24.3 Å². The second-order valence-electron chi connectivity index (χ2n) is 8.81. The fourth-order valence-electron chi connectivity index (χ4n) is 4.54. The van der Waals surface area contributed by atoms with Crippen molar-refractivity contribution in [2.75, 3.05) is 35.0 Å². The molecule has 0 unspecified atom stereocenters. The van der Waals surface area contributed by atoms with Crippen LogP contribution in [-0.4, -0.2) is 46.0 Å². The van der Waals surface area contributed by atoms with Crippen LogP contribution in [0.4, 0.5) is 0 Å². The number of aromatic hydroxyl groups is 1. The van der Waals surface area contributed by atoms with Gasteiger partial charge in [-0.25, -0.2) is 4.79 Å². The van der Waals surface area contributed by atoms with E-state index in [1.165, 1.54) is 21.3 Å². The molecule has 1 aromatic heterocycles. The molecular formula is C30H31NO8. The summed E-state index contributed by atoms with van der Waals surface area (Å²) in [6.07, 6.45) is 0.464. The number of carbonyl (C=O) groups is 1. The highest BCUT2D eigenvalue weighted by molar-refractivity contribution is 5.85. The molecule has 0 radical (unpaired) electrons. The zero-order chi connectivity index (χ0) is 27.9. The SMILES string of the molecule is COc1ccc(CCNC(=O)C[C@@H](c2cc(OC)c(OC)c(OC)c2)c2c(O)c3ccccc3oc2=O)cc1. The van der Waals surface area contributed by atoms with Crippen LogP contribution in [0.15, 0.2) is 69.9 Å². The number of carbonyl (C=O) groups excluding carboxylic acids is 1. The number of rotatable bonds is 11. The molecule has 0 fully saturated rings. The molecule has 0 aliphatic heterocycles. The molecule has 1 amide bonds. The van der Waals surface area contributed by atoms with E-state index in [1.54, 1.807) is 43.5 Å². The number of hydrogen-bond donors (Lipinski definition) is 2. The molecule has 2 N–H and O–H groups in total. The minimum atomic E-state index is -0.874. The summed E-state index contributed by atoms with van der Waals surface area (Å²) in [5, 5.41) is 14.5. The molecule has 9 nitrogen and oxygen atoms in total. The van der Waals surface area contributed by atoms with E-state index in [9.17, 15) is 14.7 Å². The maximum Gasteiger partial charge on any atom is 0.343 e. The lowest BCUT2D eigenvalue weighted by molar-refractivity contribution is -0.121. The molecule has 0 spiro atoms. The summed E-state index contributed by atoms with van der Waals surface area (Å²) >= 11 is 0. The standard InChI is InChI=1S/C30H31NO8/c1-35-20-11-9-18(10-12-20)13-14-31-26(32)17-22(19-15-24(36-2)29(38-4)25(16-19)37-3)27-28(33)21-7-5-6-8-23(21)39-30(27)34/h5-12,15-16,22,33H,13-14,17H2,1-4H3,(H,31,32)/t22-/m0/s1. The van der Waals surface area contributed by atoms with Crippen LogP contribution in [0.25, 0.3) is 11.0 Å². The molecule has 0 saturated heterocycles. The fraction of sp³-hybridized carbons (Fsp3) is 0.267. The largest absolute Gasteiger partial charge is 0.507 e. The molecule has 3 aromatic carbocycles. The second-order valence-corrected chi connectivity index (χ2v) is 8.81. The first-order chi connectivity index (χ1) is 18.9. The van der Waals surface area contributed by atoms with Crippen LogP contribution in [0, 0.1) is 0 Å².